The summed E-state index contributed by atoms with van der Waals surface area (Å²) in [6.07, 6.45) is 1.86. The van der Waals surface area contributed by atoms with Crippen molar-refractivity contribution >= 4 is 27.8 Å². The van der Waals surface area contributed by atoms with Crippen molar-refractivity contribution < 1.29 is 19.1 Å². The maximum Gasteiger partial charge on any atom is 0.308 e. The quantitative estimate of drug-likeness (QED) is 0.867. The molecule has 1 atom stereocenters. The average Bonchev–Trinajstić information content (AvgIpc) is 2.64. The third kappa shape index (κ3) is 3.10. The number of halogens is 1. The molecule has 88 valence electrons. The molecule has 0 spiro atoms. The predicted octanol–water partition coefficient (Wildman–Crippen LogP) is 1.88. The fraction of sp³-hybridized carbons (Fsp3) is 0.400. The third-order valence-corrected chi connectivity index (χ3v) is 2.83. The first-order chi connectivity index (χ1) is 7.56. The maximum absolute atomic E-state index is 11.6. The van der Waals surface area contributed by atoms with Gasteiger partial charge >= 0.3 is 5.97 Å². The Hall–Kier alpha value is -1.30. The molecule has 2 N–H and O–H groups in total. The average molecular weight is 290 g/mol. The van der Waals surface area contributed by atoms with Crippen LogP contribution in [0.5, 0.6) is 0 Å². The summed E-state index contributed by atoms with van der Waals surface area (Å²) < 4.78 is 5.25. The lowest BCUT2D eigenvalue weighted by Gasteiger charge is -2.10. The molecule has 0 fully saturated rings. The molecule has 0 aliphatic heterocycles. The van der Waals surface area contributed by atoms with Gasteiger partial charge in [-0.1, -0.05) is 6.92 Å². The molecule has 16 heavy (non-hydrogen) atoms. The zero-order valence-electron chi connectivity index (χ0n) is 8.70. The minimum Gasteiger partial charge on any atom is -0.481 e. The lowest BCUT2D eigenvalue weighted by Crippen LogP contribution is -2.32. The van der Waals surface area contributed by atoms with Gasteiger partial charge in [-0.15, -0.1) is 0 Å². The zero-order chi connectivity index (χ0) is 12.1. The van der Waals surface area contributed by atoms with Crippen LogP contribution < -0.4 is 5.32 Å². The number of carbonyl (C=O) groups is 2. The summed E-state index contributed by atoms with van der Waals surface area (Å²) in [7, 11) is 0. The van der Waals surface area contributed by atoms with E-state index in [9.17, 15) is 9.59 Å². The van der Waals surface area contributed by atoms with Gasteiger partial charge < -0.3 is 14.8 Å². The predicted molar refractivity (Wildman–Crippen MR) is 60.2 cm³/mol. The van der Waals surface area contributed by atoms with E-state index in [1.165, 1.54) is 12.3 Å². The summed E-state index contributed by atoms with van der Waals surface area (Å²) in [6.45, 7) is 1.88. The molecule has 0 aliphatic carbocycles. The van der Waals surface area contributed by atoms with Gasteiger partial charge in [0.25, 0.3) is 5.91 Å². The lowest BCUT2D eigenvalue weighted by molar-refractivity contribution is -0.141. The molecule has 0 radical (unpaired) electrons. The summed E-state index contributed by atoms with van der Waals surface area (Å²) in [5.74, 6) is -1.82. The minimum atomic E-state index is -0.908. The first-order valence-electron chi connectivity index (χ1n) is 4.80. The Bertz CT molecular complexity index is 388. The van der Waals surface area contributed by atoms with Crippen LogP contribution in [0, 0.1) is 5.92 Å². The minimum absolute atomic E-state index is 0.113. The number of aliphatic carboxylic acids is 1. The van der Waals surface area contributed by atoms with Crippen LogP contribution in [0.15, 0.2) is 21.4 Å². The van der Waals surface area contributed by atoms with E-state index in [1.54, 1.807) is 6.92 Å². The Morgan fingerprint density at radius 3 is 2.75 bits per heavy atom. The highest BCUT2D eigenvalue weighted by Gasteiger charge is 2.18. The highest BCUT2D eigenvalue weighted by molar-refractivity contribution is 9.10. The smallest absolute Gasteiger partial charge is 0.308 e. The molecule has 1 unspecified atom stereocenters. The summed E-state index contributed by atoms with van der Waals surface area (Å²) >= 11 is 3.08. The van der Waals surface area contributed by atoms with Crippen LogP contribution in [0.2, 0.25) is 0 Å². The van der Waals surface area contributed by atoms with E-state index < -0.39 is 11.9 Å². The number of carboxylic acids is 1. The van der Waals surface area contributed by atoms with E-state index in [-0.39, 0.29) is 12.5 Å². The highest BCUT2D eigenvalue weighted by Crippen LogP contribution is 2.17. The monoisotopic (exact) mass is 289 g/mol. The van der Waals surface area contributed by atoms with Gasteiger partial charge in [-0.25, -0.2) is 0 Å². The molecule has 1 rings (SSSR count). The van der Waals surface area contributed by atoms with Gasteiger partial charge in [0.1, 0.15) is 0 Å². The number of amides is 1. The highest BCUT2D eigenvalue weighted by atomic mass is 79.9. The van der Waals surface area contributed by atoms with Crippen LogP contribution in [0.1, 0.15) is 23.7 Å². The molecule has 0 aliphatic rings. The number of hydrogen-bond donors (Lipinski definition) is 2. The molecule has 0 bridgehead atoms. The zero-order valence-corrected chi connectivity index (χ0v) is 10.3. The molecule has 1 amide bonds. The Kier molecular flexibility index (Phi) is 4.54. The molecule has 0 saturated heterocycles. The first kappa shape index (κ1) is 12.8. The number of carbonyl (C=O) groups excluding carboxylic acids is 1. The maximum atomic E-state index is 11.6. The van der Waals surface area contributed by atoms with E-state index in [4.69, 9.17) is 9.52 Å². The van der Waals surface area contributed by atoms with Crippen LogP contribution >= 0.6 is 15.9 Å². The topological polar surface area (TPSA) is 79.5 Å². The van der Waals surface area contributed by atoms with Gasteiger partial charge in [0.15, 0.2) is 4.67 Å². The van der Waals surface area contributed by atoms with E-state index in [2.05, 4.69) is 21.2 Å². The third-order valence-electron chi connectivity index (χ3n) is 2.21. The van der Waals surface area contributed by atoms with E-state index in [0.717, 1.165) is 0 Å². The second kappa shape index (κ2) is 5.69. The summed E-state index contributed by atoms with van der Waals surface area (Å²) in [6, 6.07) is 1.52. The van der Waals surface area contributed by atoms with E-state index in [0.29, 0.717) is 16.7 Å². The molecule has 0 saturated carbocycles. The second-order valence-electron chi connectivity index (χ2n) is 3.26. The van der Waals surface area contributed by atoms with Crippen molar-refractivity contribution in [1.29, 1.82) is 0 Å². The number of nitrogens with one attached hydrogen (secondary N) is 1. The van der Waals surface area contributed by atoms with E-state index >= 15 is 0 Å². The van der Waals surface area contributed by atoms with Crippen molar-refractivity contribution in [2.75, 3.05) is 6.54 Å². The largest absolute Gasteiger partial charge is 0.481 e. The van der Waals surface area contributed by atoms with Crippen molar-refractivity contribution in [2.24, 2.45) is 5.92 Å². The molecule has 1 heterocycles. The lowest BCUT2D eigenvalue weighted by atomic mass is 10.1. The van der Waals surface area contributed by atoms with Crippen molar-refractivity contribution in [3.8, 4) is 0 Å². The fourth-order valence-electron chi connectivity index (χ4n) is 1.17. The molecule has 1 aromatic heterocycles. The van der Waals surface area contributed by atoms with E-state index in [1.807, 2.05) is 0 Å². The van der Waals surface area contributed by atoms with Gasteiger partial charge in [-0.3, -0.25) is 9.59 Å². The Morgan fingerprint density at radius 2 is 2.31 bits per heavy atom. The van der Waals surface area contributed by atoms with Gasteiger partial charge in [0, 0.05) is 6.54 Å². The molecule has 5 nitrogen and oxygen atoms in total. The van der Waals surface area contributed by atoms with Crippen LogP contribution in [-0.2, 0) is 4.79 Å². The summed E-state index contributed by atoms with van der Waals surface area (Å²) in [5, 5.41) is 11.3. The summed E-state index contributed by atoms with van der Waals surface area (Å²) in [5.41, 5.74) is 0.361. The van der Waals surface area contributed by atoms with Gasteiger partial charge in [0.05, 0.1) is 17.7 Å². The van der Waals surface area contributed by atoms with Crippen LogP contribution in [0.4, 0.5) is 0 Å². The first-order valence-corrected chi connectivity index (χ1v) is 5.59. The Balaban J connectivity index is 2.53. The van der Waals surface area contributed by atoms with Gasteiger partial charge in [-0.05, 0) is 28.4 Å². The van der Waals surface area contributed by atoms with Gasteiger partial charge in [0.2, 0.25) is 0 Å². The standard InChI is InChI=1S/C10H12BrNO4/c1-2-6(10(14)15)5-12-9(13)7-3-4-16-8(7)11/h3-4,6H,2,5H2,1H3,(H,12,13)(H,14,15). The number of rotatable bonds is 5. The number of furan rings is 1. The number of hydrogen-bond acceptors (Lipinski definition) is 3. The van der Waals surface area contributed by atoms with Crippen molar-refractivity contribution in [1.82, 2.24) is 5.32 Å². The van der Waals surface area contributed by atoms with Crippen LogP contribution in [0.25, 0.3) is 0 Å². The van der Waals surface area contributed by atoms with Crippen LogP contribution in [-0.4, -0.2) is 23.5 Å². The molecule has 1 aromatic rings. The fourth-order valence-corrected chi connectivity index (χ4v) is 1.59. The molecule has 6 heteroatoms. The summed E-state index contributed by atoms with van der Waals surface area (Å²) in [4.78, 5) is 22.3. The number of carboxylic acid groups (broad SMARTS) is 1. The molecular weight excluding hydrogens is 278 g/mol. The Morgan fingerprint density at radius 1 is 1.62 bits per heavy atom. The molecular formula is C10H12BrNO4. The van der Waals surface area contributed by atoms with Crippen molar-refractivity contribution in [2.45, 2.75) is 13.3 Å². The van der Waals surface area contributed by atoms with Crippen LogP contribution in [0.3, 0.4) is 0 Å². The van der Waals surface area contributed by atoms with Gasteiger partial charge in [-0.2, -0.15) is 0 Å². The van der Waals surface area contributed by atoms with Crippen molar-refractivity contribution in [3.63, 3.8) is 0 Å². The molecule has 0 aromatic carbocycles. The Labute approximate surface area is 101 Å². The normalized spacial score (nSPS) is 12.1. The van der Waals surface area contributed by atoms with Crippen molar-refractivity contribution in [3.05, 3.63) is 22.6 Å². The SMILES string of the molecule is CCC(CNC(=O)c1ccoc1Br)C(=O)O. The second-order valence-corrected chi connectivity index (χ2v) is 3.98.